The Morgan fingerprint density at radius 2 is 0.767 bits per heavy atom. The summed E-state index contributed by atoms with van der Waals surface area (Å²) in [5, 5.41) is 22.9. The molecule has 103 heavy (non-hydrogen) atoms. The molecule has 4 aliphatic heterocycles. The van der Waals surface area contributed by atoms with Crippen LogP contribution in [0.15, 0.2) is 225 Å². The highest BCUT2D eigenvalue weighted by Gasteiger charge is 2.18. The average Bonchev–Trinajstić information content (AvgIpc) is 1.55. The molecule has 0 unspecified atom stereocenters. The van der Waals surface area contributed by atoms with Crippen molar-refractivity contribution in [3.63, 3.8) is 0 Å². The molecule has 16 rings (SSSR count). The maximum absolute atomic E-state index is 4.41. The Bertz CT molecular complexity index is 4110. The standard InChI is InChI=1S/C13H14.3C12H17N.3C12H13N.C11H15N/c1-10(2)12-9-5-7-11-6-3-4-8-13(11)12;1-9(2)10-5-3-7-12-11(10)6-4-8-13-12;1-9(2)11-5-3-4-10-8-13-7-6-12(10)11;1-9(2)11-5-3-4-10-6-7-13-8-12(10)11;1-9(2)12-8-13-7-10-5-3-4-6-11(10)12;1-9(2)10-7-8-13-12-6-4-3-5-11(10)12;1-9(2)12-11-6-4-3-5-10(11)7-8-13-12;1-8(2)10-5-3-4-9-6-7-12-11(9)10/h3-10H,1-2H3;3,5,7,9,13H,4,6,8H2,1-2H3;2*3-5,9,13H,6-8H2,1-2H3;3*3-9H,1-2H3;3-5,8,12H,6-7H2,1-2H3. The zero-order valence-electron chi connectivity index (χ0n) is 65.1. The summed E-state index contributed by atoms with van der Waals surface area (Å²) in [7, 11) is 0. The van der Waals surface area contributed by atoms with Gasteiger partial charge in [-0.1, -0.05) is 287 Å². The van der Waals surface area contributed by atoms with E-state index in [0.717, 1.165) is 44.8 Å². The molecule has 9 aromatic carbocycles. The summed E-state index contributed by atoms with van der Waals surface area (Å²) in [5.74, 6) is 4.78. The molecule has 7 heteroatoms. The summed E-state index contributed by atoms with van der Waals surface area (Å²) < 4.78 is 0. The van der Waals surface area contributed by atoms with Crippen molar-refractivity contribution in [2.75, 3.05) is 36.8 Å². The van der Waals surface area contributed by atoms with Crippen LogP contribution in [-0.4, -0.2) is 41.1 Å². The zero-order chi connectivity index (χ0) is 73.4. The fraction of sp³-hybridized carbons (Fsp3) is 0.365. The molecule has 0 radical (unpaired) electrons. The molecule has 4 aliphatic rings. The van der Waals surface area contributed by atoms with E-state index in [9.17, 15) is 0 Å². The van der Waals surface area contributed by atoms with E-state index in [1.807, 2.05) is 36.9 Å². The second-order valence-electron chi connectivity index (χ2n) is 30.4. The van der Waals surface area contributed by atoms with Crippen molar-refractivity contribution in [3.8, 4) is 0 Å². The molecule has 0 spiro atoms. The van der Waals surface area contributed by atoms with E-state index in [2.05, 4.69) is 335 Å². The van der Waals surface area contributed by atoms with Crippen LogP contribution >= 0.6 is 0 Å². The summed E-state index contributed by atoms with van der Waals surface area (Å²) in [6, 6.07) is 71.0. The van der Waals surface area contributed by atoms with Crippen molar-refractivity contribution in [1.82, 2.24) is 25.6 Å². The predicted octanol–water partition coefficient (Wildman–Crippen LogP) is 24.9. The third kappa shape index (κ3) is 21.3. The Labute approximate surface area is 619 Å². The SMILES string of the molecule is CC(C)c1cccc2c1CCCN2.CC(C)c1cccc2c1CCNC2.CC(C)c1cccc2c1CNCC2.CC(C)c1cccc2c1NCC2.CC(C)c1cccc2ccccc12.CC(C)c1ccnc2ccccc12.CC(C)c1cncc2ccccc12.CC(C)c1nccc2ccccc12. The molecular weight excluding hydrogens is 1250 g/mol. The second kappa shape index (κ2) is 39.0. The molecule has 0 saturated carbocycles. The van der Waals surface area contributed by atoms with Gasteiger partial charge in [0.25, 0.3) is 0 Å². The van der Waals surface area contributed by atoms with E-state index in [4.69, 9.17) is 0 Å². The van der Waals surface area contributed by atoms with Crippen LogP contribution in [0, 0.1) is 0 Å². The minimum atomic E-state index is 0.492. The Kier molecular flexibility index (Phi) is 29.6. The molecule has 0 fully saturated rings. The number of fused-ring (bicyclic) bond motifs is 8. The molecule has 7 heterocycles. The molecular formula is C96H119N7. The third-order valence-electron chi connectivity index (χ3n) is 20.2. The molecule has 0 amide bonds. The Morgan fingerprint density at radius 1 is 0.291 bits per heavy atom. The molecule has 0 atom stereocenters. The number of rotatable bonds is 8. The van der Waals surface area contributed by atoms with Gasteiger partial charge in [-0.25, -0.2) is 0 Å². The van der Waals surface area contributed by atoms with Crippen molar-refractivity contribution in [2.45, 2.75) is 203 Å². The number of nitrogens with zero attached hydrogens (tertiary/aromatic N) is 3. The van der Waals surface area contributed by atoms with Gasteiger partial charge in [0.05, 0.1) is 11.2 Å². The van der Waals surface area contributed by atoms with Crippen molar-refractivity contribution < 1.29 is 0 Å². The monoisotopic (exact) mass is 1370 g/mol. The number of anilines is 2. The first-order valence-electron chi connectivity index (χ1n) is 38.6. The number of aromatic nitrogens is 3. The van der Waals surface area contributed by atoms with E-state index in [1.54, 1.807) is 27.8 Å². The van der Waals surface area contributed by atoms with E-state index in [-0.39, 0.29) is 0 Å². The summed E-state index contributed by atoms with van der Waals surface area (Å²) in [4.78, 5) is 13.0. The van der Waals surface area contributed by atoms with Crippen LogP contribution in [-0.2, 0) is 38.8 Å². The number of hydrogen-bond donors (Lipinski definition) is 4. The molecule has 12 aromatic rings. The summed E-state index contributed by atoms with van der Waals surface area (Å²) >= 11 is 0. The molecule has 538 valence electrons. The van der Waals surface area contributed by atoms with E-state index in [1.165, 1.54) is 131 Å². The van der Waals surface area contributed by atoms with Gasteiger partial charge in [0.15, 0.2) is 0 Å². The van der Waals surface area contributed by atoms with Gasteiger partial charge in [-0.15, -0.1) is 0 Å². The Balaban J connectivity index is 0.000000137. The van der Waals surface area contributed by atoms with Gasteiger partial charge in [-0.05, 0) is 211 Å². The number of benzene rings is 9. The topological polar surface area (TPSA) is 86.8 Å². The quantitative estimate of drug-likeness (QED) is 0.121. The van der Waals surface area contributed by atoms with Crippen LogP contribution in [0.3, 0.4) is 0 Å². The van der Waals surface area contributed by atoms with Crippen molar-refractivity contribution in [2.24, 2.45) is 0 Å². The Hall–Kier alpha value is -9.01. The molecule has 0 aliphatic carbocycles. The van der Waals surface area contributed by atoms with Gasteiger partial charge in [0.1, 0.15) is 0 Å². The first kappa shape index (κ1) is 78.1. The van der Waals surface area contributed by atoms with Gasteiger partial charge < -0.3 is 21.3 Å². The average molecular weight is 1370 g/mol. The zero-order valence-corrected chi connectivity index (χ0v) is 65.1. The highest BCUT2D eigenvalue weighted by molar-refractivity contribution is 5.87. The lowest BCUT2D eigenvalue weighted by Gasteiger charge is -2.22. The predicted molar refractivity (Wildman–Crippen MR) is 447 cm³/mol. The largest absolute Gasteiger partial charge is 0.385 e. The molecule has 7 nitrogen and oxygen atoms in total. The van der Waals surface area contributed by atoms with Crippen LogP contribution in [0.1, 0.15) is 243 Å². The first-order chi connectivity index (χ1) is 49.8. The maximum Gasteiger partial charge on any atom is 0.0704 e. The number of pyridine rings is 3. The van der Waals surface area contributed by atoms with Gasteiger partial charge in [-0.3, -0.25) is 15.0 Å². The maximum atomic E-state index is 4.41. The van der Waals surface area contributed by atoms with Crippen molar-refractivity contribution in [3.05, 3.63) is 303 Å². The van der Waals surface area contributed by atoms with Crippen LogP contribution in [0.25, 0.3) is 43.2 Å². The normalized spacial score (nSPS) is 13.2. The molecule has 0 saturated heterocycles. The second-order valence-corrected chi connectivity index (χ2v) is 30.4. The smallest absolute Gasteiger partial charge is 0.0704 e. The van der Waals surface area contributed by atoms with Crippen molar-refractivity contribution in [1.29, 1.82) is 0 Å². The lowest BCUT2D eigenvalue weighted by atomic mass is 9.90. The lowest BCUT2D eigenvalue weighted by molar-refractivity contribution is 0.632. The van der Waals surface area contributed by atoms with Crippen molar-refractivity contribution >= 4 is 54.6 Å². The van der Waals surface area contributed by atoms with Crippen LogP contribution in [0.5, 0.6) is 0 Å². The molecule has 0 bridgehead atoms. The van der Waals surface area contributed by atoms with Gasteiger partial charge in [-0.2, -0.15) is 0 Å². The van der Waals surface area contributed by atoms with Gasteiger partial charge >= 0.3 is 0 Å². The summed E-state index contributed by atoms with van der Waals surface area (Å²) in [6.07, 6.45) is 13.8. The highest BCUT2D eigenvalue weighted by atomic mass is 14.9. The molecule has 3 aromatic heterocycles. The fourth-order valence-corrected chi connectivity index (χ4v) is 14.7. The number of hydrogen-bond acceptors (Lipinski definition) is 7. The number of nitrogens with one attached hydrogen (secondary N) is 4. The van der Waals surface area contributed by atoms with Gasteiger partial charge in [0, 0.05) is 78.5 Å². The molecule has 4 N–H and O–H groups in total. The van der Waals surface area contributed by atoms with E-state index >= 15 is 0 Å². The van der Waals surface area contributed by atoms with Crippen LogP contribution in [0.2, 0.25) is 0 Å². The Morgan fingerprint density at radius 3 is 1.43 bits per heavy atom. The summed E-state index contributed by atoms with van der Waals surface area (Å²) in [5.41, 5.74) is 24.4. The minimum Gasteiger partial charge on any atom is -0.385 e. The highest BCUT2D eigenvalue weighted by Crippen LogP contribution is 2.34. The van der Waals surface area contributed by atoms with Gasteiger partial charge in [0.2, 0.25) is 0 Å². The lowest BCUT2D eigenvalue weighted by Crippen LogP contribution is -2.24. The van der Waals surface area contributed by atoms with E-state index in [0.29, 0.717) is 47.3 Å². The van der Waals surface area contributed by atoms with Crippen LogP contribution in [0.4, 0.5) is 11.4 Å². The van der Waals surface area contributed by atoms with E-state index < -0.39 is 0 Å². The summed E-state index contributed by atoms with van der Waals surface area (Å²) in [6.45, 7) is 42.4. The number of para-hydroxylation sites is 2. The third-order valence-corrected chi connectivity index (χ3v) is 20.2. The fourth-order valence-electron chi connectivity index (χ4n) is 14.7. The van der Waals surface area contributed by atoms with Crippen LogP contribution < -0.4 is 21.3 Å². The first-order valence-corrected chi connectivity index (χ1v) is 38.6. The minimum absolute atomic E-state index is 0.492.